The number of sulfone groups is 1. The minimum absolute atomic E-state index is 0.319. The molecule has 0 N–H and O–H groups in total. The number of rotatable bonds is 6. The Labute approximate surface area is 183 Å². The van der Waals surface area contributed by atoms with Crippen LogP contribution in [0.25, 0.3) is 11.4 Å². The molecule has 31 heavy (non-hydrogen) atoms. The van der Waals surface area contributed by atoms with Crippen molar-refractivity contribution in [2.45, 2.75) is 37.1 Å². The Kier molecular flexibility index (Phi) is 5.30. The summed E-state index contributed by atoms with van der Waals surface area (Å²) in [5.74, 6) is 3.28. The molecule has 2 heterocycles. The van der Waals surface area contributed by atoms with Crippen LogP contribution in [-0.4, -0.2) is 42.5 Å². The van der Waals surface area contributed by atoms with Gasteiger partial charge in [-0.15, -0.1) is 10.2 Å². The van der Waals surface area contributed by atoms with Gasteiger partial charge in [0.15, 0.2) is 15.7 Å². The molecule has 1 aromatic heterocycles. The highest BCUT2D eigenvalue weighted by molar-refractivity contribution is 7.90. The lowest BCUT2D eigenvalue weighted by Gasteiger charge is -2.20. The van der Waals surface area contributed by atoms with Crippen LogP contribution in [0.4, 0.5) is 5.95 Å². The smallest absolute Gasteiger partial charge is 0.227 e. The highest BCUT2D eigenvalue weighted by Gasteiger charge is 2.38. The van der Waals surface area contributed by atoms with Crippen molar-refractivity contribution in [2.24, 2.45) is 11.8 Å². The molecule has 2 atom stereocenters. The molecule has 0 unspecified atom stereocenters. The maximum Gasteiger partial charge on any atom is 0.227 e. The van der Waals surface area contributed by atoms with E-state index in [1.807, 2.05) is 18.2 Å². The molecule has 1 saturated carbocycles. The number of hydrogen-bond donors (Lipinski definition) is 0. The van der Waals surface area contributed by atoms with E-state index in [2.05, 4.69) is 43.9 Å². The van der Waals surface area contributed by atoms with Crippen LogP contribution < -0.4 is 4.90 Å². The molecule has 0 amide bonds. The van der Waals surface area contributed by atoms with Gasteiger partial charge >= 0.3 is 0 Å². The normalized spacial score (nSPS) is 20.9. The van der Waals surface area contributed by atoms with Gasteiger partial charge in [0.2, 0.25) is 5.95 Å². The molecule has 1 saturated heterocycles. The van der Waals surface area contributed by atoms with E-state index in [1.54, 1.807) is 12.1 Å². The zero-order chi connectivity index (χ0) is 21.4. The number of aromatic nitrogens is 3. The van der Waals surface area contributed by atoms with E-state index < -0.39 is 9.84 Å². The van der Waals surface area contributed by atoms with Gasteiger partial charge in [0.25, 0.3) is 0 Å². The summed E-state index contributed by atoms with van der Waals surface area (Å²) in [5, 5.41) is 9.16. The van der Waals surface area contributed by atoms with E-state index in [-0.39, 0.29) is 0 Å². The van der Waals surface area contributed by atoms with E-state index in [1.165, 1.54) is 31.1 Å². The summed E-state index contributed by atoms with van der Waals surface area (Å²) in [5.41, 5.74) is 2.16. The quantitative estimate of drug-likeness (QED) is 0.587. The molecule has 2 fully saturated rings. The van der Waals surface area contributed by atoms with E-state index in [4.69, 9.17) is 0 Å². The second-order valence-corrected chi connectivity index (χ2v) is 10.9. The van der Waals surface area contributed by atoms with Crippen molar-refractivity contribution in [2.75, 3.05) is 24.2 Å². The zero-order valence-electron chi connectivity index (χ0n) is 17.8. The van der Waals surface area contributed by atoms with Gasteiger partial charge in [0, 0.05) is 31.5 Å². The van der Waals surface area contributed by atoms with Gasteiger partial charge in [0.1, 0.15) is 0 Å². The lowest BCUT2D eigenvalue weighted by molar-refractivity contribution is 0.494. The van der Waals surface area contributed by atoms with Crippen molar-refractivity contribution in [3.05, 3.63) is 60.2 Å². The van der Waals surface area contributed by atoms with Gasteiger partial charge in [-0.05, 0) is 60.9 Å². The number of nitrogens with zero attached hydrogens (tertiary/aromatic N) is 4. The molecular formula is C24H28N4O2S. The maximum atomic E-state index is 11.8. The predicted octanol–water partition coefficient (Wildman–Crippen LogP) is 3.83. The number of anilines is 1. The molecule has 2 aliphatic rings. The van der Waals surface area contributed by atoms with Gasteiger partial charge in [-0.3, -0.25) is 4.57 Å². The Balaban J connectivity index is 1.47. The molecule has 0 spiro atoms. The van der Waals surface area contributed by atoms with Gasteiger partial charge in [0.05, 0.1) is 4.90 Å². The van der Waals surface area contributed by atoms with Crippen molar-refractivity contribution in [1.82, 2.24) is 14.8 Å². The van der Waals surface area contributed by atoms with Crippen LogP contribution in [-0.2, 0) is 22.8 Å². The van der Waals surface area contributed by atoms with Crippen LogP contribution >= 0.6 is 0 Å². The van der Waals surface area contributed by atoms with Crippen molar-refractivity contribution in [3.63, 3.8) is 0 Å². The second kappa shape index (κ2) is 8.11. The largest absolute Gasteiger partial charge is 0.340 e. The first-order valence-corrected chi connectivity index (χ1v) is 12.9. The molecular weight excluding hydrogens is 408 g/mol. The summed E-state index contributed by atoms with van der Waals surface area (Å²) in [4.78, 5) is 2.72. The number of hydrogen-bond acceptors (Lipinski definition) is 5. The fourth-order valence-corrected chi connectivity index (χ4v) is 5.71. The van der Waals surface area contributed by atoms with Gasteiger partial charge in [-0.1, -0.05) is 36.8 Å². The van der Waals surface area contributed by atoms with E-state index in [0.717, 1.165) is 55.2 Å². The van der Waals surface area contributed by atoms with Crippen molar-refractivity contribution in [1.29, 1.82) is 0 Å². The summed E-state index contributed by atoms with van der Waals surface area (Å²) in [6, 6.07) is 17.4. The average Bonchev–Trinajstić information content (AvgIpc) is 3.47. The first kappa shape index (κ1) is 20.2. The van der Waals surface area contributed by atoms with Crippen molar-refractivity contribution in [3.8, 4) is 11.4 Å². The Hall–Kier alpha value is -2.67. The SMILES string of the molecule is CS(=O)(=O)c1ccc(-c2nnc(N3C[C@@H]4CCC[C@H]4C3)n2CCc2ccccc2)cc1. The molecule has 162 valence electrons. The molecule has 0 bridgehead atoms. The fourth-order valence-electron chi connectivity index (χ4n) is 5.08. The minimum atomic E-state index is -3.23. The highest BCUT2D eigenvalue weighted by atomic mass is 32.2. The summed E-state index contributed by atoms with van der Waals surface area (Å²) >= 11 is 0. The van der Waals surface area contributed by atoms with Gasteiger partial charge < -0.3 is 4.90 Å². The lowest BCUT2D eigenvalue weighted by Crippen LogP contribution is -2.25. The average molecular weight is 437 g/mol. The number of fused-ring (bicyclic) bond motifs is 1. The predicted molar refractivity (Wildman–Crippen MR) is 122 cm³/mol. The molecule has 7 heteroatoms. The van der Waals surface area contributed by atoms with Crippen LogP contribution in [0.15, 0.2) is 59.5 Å². The number of aryl methyl sites for hydroxylation is 1. The van der Waals surface area contributed by atoms with Crippen LogP contribution in [0, 0.1) is 11.8 Å². The first-order valence-electron chi connectivity index (χ1n) is 11.0. The summed E-state index contributed by atoms with van der Waals surface area (Å²) in [7, 11) is -3.23. The third-order valence-electron chi connectivity index (χ3n) is 6.75. The summed E-state index contributed by atoms with van der Waals surface area (Å²) < 4.78 is 25.9. The van der Waals surface area contributed by atoms with Crippen molar-refractivity contribution >= 4 is 15.8 Å². The zero-order valence-corrected chi connectivity index (χ0v) is 18.6. The Bertz CT molecular complexity index is 1140. The van der Waals surface area contributed by atoms with Crippen LogP contribution in [0.3, 0.4) is 0 Å². The Morgan fingerprint density at radius 2 is 1.61 bits per heavy atom. The van der Waals surface area contributed by atoms with Gasteiger partial charge in [-0.25, -0.2) is 8.42 Å². The molecule has 1 aliphatic carbocycles. The third-order valence-corrected chi connectivity index (χ3v) is 7.88. The molecule has 1 aliphatic heterocycles. The van der Waals surface area contributed by atoms with Crippen molar-refractivity contribution < 1.29 is 8.42 Å². The molecule has 5 rings (SSSR count). The highest BCUT2D eigenvalue weighted by Crippen LogP contribution is 2.39. The molecule has 0 radical (unpaired) electrons. The Morgan fingerprint density at radius 3 is 2.26 bits per heavy atom. The van der Waals surface area contributed by atoms with Crippen LogP contribution in [0.5, 0.6) is 0 Å². The monoisotopic (exact) mass is 436 g/mol. The standard InChI is InChI=1S/C24H28N4O2S/c1-31(29,30)22-12-10-19(11-13-22)23-25-26-24(27-16-20-8-5-9-21(20)17-27)28(23)15-14-18-6-3-2-4-7-18/h2-4,6-7,10-13,20-21H,5,8-9,14-17H2,1H3/t20-,21-/m0/s1. The summed E-state index contributed by atoms with van der Waals surface area (Å²) in [6.45, 7) is 2.89. The van der Waals surface area contributed by atoms with Gasteiger partial charge in [-0.2, -0.15) is 0 Å². The molecule has 6 nitrogen and oxygen atoms in total. The summed E-state index contributed by atoms with van der Waals surface area (Å²) in [6.07, 6.45) is 6.10. The molecule has 2 aromatic carbocycles. The van der Waals surface area contributed by atoms with E-state index >= 15 is 0 Å². The third kappa shape index (κ3) is 4.11. The van der Waals surface area contributed by atoms with Crippen LogP contribution in [0.1, 0.15) is 24.8 Å². The Morgan fingerprint density at radius 1 is 0.935 bits per heavy atom. The minimum Gasteiger partial charge on any atom is -0.340 e. The maximum absolute atomic E-state index is 11.8. The molecule has 3 aromatic rings. The number of benzene rings is 2. The lowest BCUT2D eigenvalue weighted by atomic mass is 10.0. The fraction of sp³-hybridized carbons (Fsp3) is 0.417. The first-order chi connectivity index (χ1) is 15.0. The van der Waals surface area contributed by atoms with E-state index in [0.29, 0.717) is 4.90 Å². The second-order valence-electron chi connectivity index (χ2n) is 8.86. The topological polar surface area (TPSA) is 68.1 Å². The van der Waals surface area contributed by atoms with Crippen LogP contribution in [0.2, 0.25) is 0 Å². The van der Waals surface area contributed by atoms with E-state index in [9.17, 15) is 8.42 Å².